The normalized spacial score (nSPS) is 14.3. The zero-order valence-corrected chi connectivity index (χ0v) is 20.5. The van der Waals surface area contributed by atoms with Gasteiger partial charge in [0.15, 0.2) is 12.4 Å². The lowest BCUT2D eigenvalue weighted by Gasteiger charge is -2.30. The molecule has 2 aromatic carbocycles. The van der Waals surface area contributed by atoms with Crippen LogP contribution in [0.2, 0.25) is 0 Å². The number of ether oxygens (including phenoxy) is 1. The van der Waals surface area contributed by atoms with Crippen molar-refractivity contribution < 1.29 is 9.53 Å². The van der Waals surface area contributed by atoms with Crippen molar-refractivity contribution in [2.45, 2.75) is 46.5 Å². The number of amides is 1. The molecule has 34 heavy (non-hydrogen) atoms. The van der Waals surface area contributed by atoms with Gasteiger partial charge < -0.3 is 15.0 Å². The summed E-state index contributed by atoms with van der Waals surface area (Å²) >= 11 is 0. The molecular formula is C28H34N4O2. The van der Waals surface area contributed by atoms with Crippen molar-refractivity contribution in [2.24, 2.45) is 5.92 Å². The largest absolute Gasteiger partial charge is 0.483 e. The Hall–Kier alpha value is -3.41. The van der Waals surface area contributed by atoms with Crippen molar-refractivity contribution in [3.8, 4) is 17.0 Å². The summed E-state index contributed by atoms with van der Waals surface area (Å²) in [5, 5.41) is 11.8. The third-order valence-electron chi connectivity index (χ3n) is 6.37. The number of anilines is 2. The van der Waals surface area contributed by atoms with E-state index in [1.807, 2.05) is 49.4 Å². The Balaban J connectivity index is 1.33. The first-order chi connectivity index (χ1) is 16.4. The first-order valence-electron chi connectivity index (χ1n) is 12.1. The maximum Gasteiger partial charge on any atom is 0.262 e. The van der Waals surface area contributed by atoms with Crippen LogP contribution < -0.4 is 15.0 Å². The van der Waals surface area contributed by atoms with E-state index in [1.54, 1.807) is 0 Å². The third kappa shape index (κ3) is 5.93. The molecule has 2 heterocycles. The molecule has 0 bridgehead atoms. The van der Waals surface area contributed by atoms with Crippen LogP contribution in [0.25, 0.3) is 11.3 Å². The first-order valence-corrected chi connectivity index (χ1v) is 12.1. The summed E-state index contributed by atoms with van der Waals surface area (Å²) in [4.78, 5) is 14.8. The lowest BCUT2D eigenvalue weighted by atomic mass is 9.99. The van der Waals surface area contributed by atoms with Crippen LogP contribution in [0, 0.1) is 12.8 Å². The van der Waals surface area contributed by atoms with Crippen LogP contribution in [-0.2, 0) is 4.79 Å². The molecule has 0 saturated carbocycles. The SMILES string of the molecule is Cc1ccc(C(C)C)c(OCC(=O)Nc2ccc(-c3ccc(N4CCC(C)CC4)nn3)cc2)c1. The Morgan fingerprint density at radius 1 is 1.06 bits per heavy atom. The number of nitrogens with one attached hydrogen (secondary N) is 1. The molecule has 0 spiro atoms. The molecule has 1 amide bonds. The van der Waals surface area contributed by atoms with Crippen molar-refractivity contribution in [3.63, 3.8) is 0 Å². The second kappa shape index (κ2) is 10.7. The number of aryl methyl sites for hydroxylation is 1. The predicted octanol–water partition coefficient (Wildman–Crippen LogP) is 5.83. The smallest absolute Gasteiger partial charge is 0.262 e. The quantitative estimate of drug-likeness (QED) is 0.482. The van der Waals surface area contributed by atoms with Gasteiger partial charge in [0.2, 0.25) is 0 Å². The second-order valence-corrected chi connectivity index (χ2v) is 9.56. The van der Waals surface area contributed by atoms with E-state index in [9.17, 15) is 4.79 Å². The Morgan fingerprint density at radius 2 is 1.79 bits per heavy atom. The van der Waals surface area contributed by atoms with Crippen LogP contribution in [0.5, 0.6) is 5.75 Å². The fourth-order valence-electron chi connectivity index (χ4n) is 4.19. The summed E-state index contributed by atoms with van der Waals surface area (Å²) < 4.78 is 5.84. The van der Waals surface area contributed by atoms with Crippen LogP contribution in [0.4, 0.5) is 11.5 Å². The highest BCUT2D eigenvalue weighted by Crippen LogP contribution is 2.28. The molecule has 1 aliphatic rings. The van der Waals surface area contributed by atoms with Crippen LogP contribution in [0.15, 0.2) is 54.6 Å². The minimum atomic E-state index is -0.191. The van der Waals surface area contributed by atoms with E-state index in [4.69, 9.17) is 4.74 Å². The molecule has 6 nitrogen and oxygen atoms in total. The zero-order valence-electron chi connectivity index (χ0n) is 20.5. The van der Waals surface area contributed by atoms with Gasteiger partial charge in [-0.05, 0) is 73.1 Å². The Morgan fingerprint density at radius 3 is 2.44 bits per heavy atom. The zero-order chi connectivity index (χ0) is 24.1. The topological polar surface area (TPSA) is 67.3 Å². The van der Waals surface area contributed by atoms with Gasteiger partial charge in [0.1, 0.15) is 5.75 Å². The molecule has 3 aromatic rings. The number of nitrogens with zero attached hydrogens (tertiary/aromatic N) is 3. The molecular weight excluding hydrogens is 424 g/mol. The molecule has 6 heteroatoms. The number of rotatable bonds is 7. The number of carbonyl (C=O) groups excluding carboxylic acids is 1. The van der Waals surface area contributed by atoms with Crippen LogP contribution in [0.1, 0.15) is 50.7 Å². The van der Waals surface area contributed by atoms with Gasteiger partial charge in [-0.3, -0.25) is 4.79 Å². The summed E-state index contributed by atoms with van der Waals surface area (Å²) in [7, 11) is 0. The summed E-state index contributed by atoms with van der Waals surface area (Å²) in [5.74, 6) is 2.63. The van der Waals surface area contributed by atoms with Crippen LogP contribution >= 0.6 is 0 Å². The molecule has 1 aliphatic heterocycles. The summed E-state index contributed by atoms with van der Waals surface area (Å²) in [6.07, 6.45) is 2.40. The second-order valence-electron chi connectivity index (χ2n) is 9.56. The molecule has 0 atom stereocenters. The highest BCUT2D eigenvalue weighted by atomic mass is 16.5. The number of hydrogen-bond acceptors (Lipinski definition) is 5. The van der Waals surface area contributed by atoms with Crippen LogP contribution in [0.3, 0.4) is 0 Å². The predicted molar refractivity (Wildman–Crippen MR) is 137 cm³/mol. The van der Waals surface area contributed by atoms with Gasteiger partial charge in [-0.25, -0.2) is 0 Å². The maximum atomic E-state index is 12.5. The lowest BCUT2D eigenvalue weighted by Crippen LogP contribution is -2.33. The number of benzene rings is 2. The van der Waals surface area contributed by atoms with Crippen molar-refractivity contribution in [3.05, 3.63) is 65.7 Å². The van der Waals surface area contributed by atoms with E-state index >= 15 is 0 Å². The highest BCUT2D eigenvalue weighted by molar-refractivity contribution is 5.92. The van der Waals surface area contributed by atoms with Gasteiger partial charge in [0.05, 0.1) is 5.69 Å². The van der Waals surface area contributed by atoms with Crippen molar-refractivity contribution in [2.75, 3.05) is 29.9 Å². The highest BCUT2D eigenvalue weighted by Gasteiger charge is 2.17. The number of piperidine rings is 1. The summed E-state index contributed by atoms with van der Waals surface area (Å²) in [6.45, 7) is 10.6. The van der Waals surface area contributed by atoms with Gasteiger partial charge >= 0.3 is 0 Å². The van der Waals surface area contributed by atoms with E-state index in [-0.39, 0.29) is 12.5 Å². The minimum Gasteiger partial charge on any atom is -0.483 e. The molecule has 4 rings (SSSR count). The Bertz CT molecular complexity index is 1100. The van der Waals surface area contributed by atoms with Gasteiger partial charge in [-0.15, -0.1) is 10.2 Å². The molecule has 0 radical (unpaired) electrons. The van der Waals surface area contributed by atoms with E-state index < -0.39 is 0 Å². The summed E-state index contributed by atoms with van der Waals surface area (Å²) in [6, 6.07) is 17.8. The van der Waals surface area contributed by atoms with E-state index in [0.29, 0.717) is 5.92 Å². The van der Waals surface area contributed by atoms with Crippen molar-refractivity contribution >= 4 is 17.4 Å². The molecule has 1 aromatic heterocycles. The first kappa shape index (κ1) is 23.7. The fourth-order valence-corrected chi connectivity index (χ4v) is 4.19. The van der Waals surface area contributed by atoms with Crippen molar-refractivity contribution in [1.82, 2.24) is 10.2 Å². The van der Waals surface area contributed by atoms with Gasteiger partial charge in [-0.2, -0.15) is 0 Å². The molecule has 178 valence electrons. The van der Waals surface area contributed by atoms with E-state index in [2.05, 4.69) is 53.3 Å². The standard InChI is InChI=1S/C28H34N4O2/c1-19(2)24-10-5-21(4)17-26(24)34-18-28(33)29-23-8-6-22(7-9-23)25-11-12-27(31-30-25)32-15-13-20(3)14-16-32/h5-12,17,19-20H,13-16,18H2,1-4H3,(H,29,33). The van der Waals surface area contributed by atoms with Gasteiger partial charge in [0.25, 0.3) is 5.91 Å². The average molecular weight is 459 g/mol. The monoisotopic (exact) mass is 458 g/mol. The minimum absolute atomic E-state index is 0.0346. The Labute approximate surface area is 202 Å². The number of carbonyl (C=O) groups is 1. The average Bonchev–Trinajstić information content (AvgIpc) is 2.84. The maximum absolute atomic E-state index is 12.5. The van der Waals surface area contributed by atoms with E-state index in [0.717, 1.165) is 58.6 Å². The van der Waals surface area contributed by atoms with Crippen molar-refractivity contribution in [1.29, 1.82) is 0 Å². The van der Waals surface area contributed by atoms with Gasteiger partial charge in [0, 0.05) is 24.3 Å². The summed E-state index contributed by atoms with van der Waals surface area (Å²) in [5.41, 5.74) is 4.71. The number of aromatic nitrogens is 2. The molecule has 1 fully saturated rings. The molecule has 0 aliphatic carbocycles. The fraction of sp³-hybridized carbons (Fsp3) is 0.393. The van der Waals surface area contributed by atoms with Crippen LogP contribution in [-0.4, -0.2) is 35.8 Å². The molecule has 0 unspecified atom stereocenters. The molecule has 1 saturated heterocycles. The molecule has 1 N–H and O–H groups in total. The lowest BCUT2D eigenvalue weighted by molar-refractivity contribution is -0.118. The number of hydrogen-bond donors (Lipinski definition) is 1. The third-order valence-corrected chi connectivity index (χ3v) is 6.37. The Kier molecular flexibility index (Phi) is 7.46. The van der Waals surface area contributed by atoms with Gasteiger partial charge in [-0.1, -0.05) is 45.0 Å². The van der Waals surface area contributed by atoms with E-state index in [1.165, 1.54) is 12.8 Å².